The van der Waals surface area contributed by atoms with Gasteiger partial charge in [0.25, 0.3) is 5.91 Å². The summed E-state index contributed by atoms with van der Waals surface area (Å²) in [5.41, 5.74) is 11.0. The van der Waals surface area contributed by atoms with Crippen molar-refractivity contribution in [3.05, 3.63) is 12.0 Å². The van der Waals surface area contributed by atoms with E-state index in [4.69, 9.17) is 20.9 Å². The van der Waals surface area contributed by atoms with E-state index in [1.807, 2.05) is 6.92 Å². The molecule has 1 fully saturated rings. The number of nitrogens with two attached hydrogens (primary N) is 2. The molecule has 2 rings (SSSR count). The van der Waals surface area contributed by atoms with E-state index in [-0.39, 0.29) is 18.1 Å². The van der Waals surface area contributed by atoms with Gasteiger partial charge >= 0.3 is 0 Å². The first-order valence-corrected chi connectivity index (χ1v) is 7.19. The third kappa shape index (κ3) is 3.07. The van der Waals surface area contributed by atoms with Crippen molar-refractivity contribution in [1.29, 1.82) is 0 Å². The van der Waals surface area contributed by atoms with Crippen molar-refractivity contribution in [3.8, 4) is 0 Å². The summed E-state index contributed by atoms with van der Waals surface area (Å²) in [5, 5.41) is 19.5. The van der Waals surface area contributed by atoms with Crippen molar-refractivity contribution >= 4 is 11.7 Å². The molecule has 0 radical (unpaired) electrons. The number of ether oxygens (including phenoxy) is 2. The van der Waals surface area contributed by atoms with Crippen LogP contribution in [0.25, 0.3) is 0 Å². The van der Waals surface area contributed by atoms with Gasteiger partial charge in [-0.25, -0.2) is 4.98 Å². The van der Waals surface area contributed by atoms with Crippen molar-refractivity contribution in [1.82, 2.24) is 9.55 Å². The van der Waals surface area contributed by atoms with Crippen LogP contribution in [0.5, 0.6) is 0 Å². The summed E-state index contributed by atoms with van der Waals surface area (Å²) in [4.78, 5) is 15.1. The Balaban J connectivity index is 2.24. The minimum absolute atomic E-state index is 0.0346. The average Bonchev–Trinajstić information content (AvgIpc) is 3.00. The average molecular weight is 314 g/mol. The molecule has 9 nitrogen and oxygen atoms in total. The molecule has 0 aliphatic carbocycles. The van der Waals surface area contributed by atoms with Gasteiger partial charge in [-0.15, -0.1) is 0 Å². The summed E-state index contributed by atoms with van der Waals surface area (Å²) in [6.07, 6.45) is -0.239. The van der Waals surface area contributed by atoms with Crippen LogP contribution in [-0.2, 0) is 9.47 Å². The maximum Gasteiger partial charge on any atom is 0.271 e. The number of primary amides is 1. The molecule has 9 heteroatoms. The number of anilines is 1. The first-order chi connectivity index (χ1) is 10.5. The van der Waals surface area contributed by atoms with E-state index < -0.39 is 30.4 Å². The minimum atomic E-state index is -1.01. The van der Waals surface area contributed by atoms with Crippen molar-refractivity contribution < 1.29 is 24.5 Å². The smallest absolute Gasteiger partial charge is 0.271 e. The van der Waals surface area contributed by atoms with Crippen LogP contribution in [0.15, 0.2) is 6.33 Å². The highest BCUT2D eigenvalue weighted by atomic mass is 16.6. The van der Waals surface area contributed by atoms with Gasteiger partial charge < -0.3 is 31.2 Å². The summed E-state index contributed by atoms with van der Waals surface area (Å²) in [6, 6.07) is 0. The van der Waals surface area contributed by atoms with E-state index in [1.165, 1.54) is 10.9 Å². The summed E-state index contributed by atoms with van der Waals surface area (Å²) < 4.78 is 12.6. The first-order valence-electron chi connectivity index (χ1n) is 7.19. The molecule has 1 aromatic rings. The highest BCUT2D eigenvalue weighted by Crippen LogP contribution is 2.34. The Morgan fingerprint density at radius 2 is 2.32 bits per heavy atom. The molecule has 0 saturated carbocycles. The van der Waals surface area contributed by atoms with Crippen LogP contribution in [0.2, 0.25) is 0 Å². The van der Waals surface area contributed by atoms with Crippen LogP contribution in [0, 0.1) is 0 Å². The molecule has 0 bridgehead atoms. The van der Waals surface area contributed by atoms with Crippen molar-refractivity contribution in [2.24, 2.45) is 5.73 Å². The van der Waals surface area contributed by atoms with Gasteiger partial charge in [0.05, 0.1) is 12.9 Å². The predicted octanol–water partition coefficient (Wildman–Crippen LogP) is -1.000. The van der Waals surface area contributed by atoms with Gasteiger partial charge in [-0.1, -0.05) is 13.3 Å². The molecule has 0 aromatic carbocycles. The maximum atomic E-state index is 11.2. The molecule has 124 valence electrons. The lowest BCUT2D eigenvalue weighted by molar-refractivity contribution is -0.0716. The lowest BCUT2D eigenvalue weighted by Gasteiger charge is -2.22. The van der Waals surface area contributed by atoms with Crippen LogP contribution in [-0.4, -0.2) is 57.2 Å². The van der Waals surface area contributed by atoms with Gasteiger partial charge in [0.15, 0.2) is 11.9 Å². The molecule has 0 unspecified atom stereocenters. The SMILES string of the molecule is CCCCO[C@@H]1[C@H](O)[C@@H](CO)O[C@H]1n1cnc(C(N)=O)c1N. The van der Waals surface area contributed by atoms with Gasteiger partial charge in [0, 0.05) is 6.61 Å². The molecule has 2 heterocycles. The van der Waals surface area contributed by atoms with Gasteiger partial charge in [0.2, 0.25) is 0 Å². The molecule has 4 atom stereocenters. The number of hydrogen-bond acceptors (Lipinski definition) is 7. The van der Waals surface area contributed by atoms with E-state index in [0.717, 1.165) is 12.8 Å². The fourth-order valence-electron chi connectivity index (χ4n) is 2.40. The predicted molar refractivity (Wildman–Crippen MR) is 76.8 cm³/mol. The number of nitrogens with zero attached hydrogens (tertiary/aromatic N) is 2. The number of rotatable bonds is 7. The van der Waals surface area contributed by atoms with Crippen molar-refractivity contribution in [2.45, 2.75) is 44.3 Å². The fraction of sp³-hybridized carbons (Fsp3) is 0.692. The van der Waals surface area contributed by atoms with Gasteiger partial charge in [-0.2, -0.15) is 0 Å². The van der Waals surface area contributed by atoms with Crippen molar-refractivity contribution in [3.63, 3.8) is 0 Å². The maximum absolute atomic E-state index is 11.2. The van der Waals surface area contributed by atoms with E-state index in [0.29, 0.717) is 6.61 Å². The van der Waals surface area contributed by atoms with E-state index in [9.17, 15) is 15.0 Å². The quantitative estimate of drug-likeness (QED) is 0.472. The van der Waals surface area contributed by atoms with Gasteiger partial charge in [-0.3, -0.25) is 9.36 Å². The Kier molecular flexibility index (Phi) is 5.35. The van der Waals surface area contributed by atoms with Crippen LogP contribution in [0.4, 0.5) is 5.82 Å². The number of amides is 1. The van der Waals surface area contributed by atoms with Crippen LogP contribution in [0.3, 0.4) is 0 Å². The monoisotopic (exact) mass is 314 g/mol. The number of carbonyl (C=O) groups excluding carboxylic acids is 1. The number of aliphatic hydroxyl groups excluding tert-OH is 2. The number of hydrogen-bond donors (Lipinski definition) is 4. The molecule has 1 saturated heterocycles. The Bertz CT molecular complexity index is 521. The normalized spacial score (nSPS) is 28.1. The summed E-state index contributed by atoms with van der Waals surface area (Å²) in [5.74, 6) is -0.718. The third-order valence-corrected chi connectivity index (χ3v) is 3.64. The Morgan fingerprint density at radius 3 is 2.86 bits per heavy atom. The molecule has 1 aliphatic rings. The number of carbonyl (C=O) groups is 1. The summed E-state index contributed by atoms with van der Waals surface area (Å²) in [6.45, 7) is 2.10. The zero-order valence-corrected chi connectivity index (χ0v) is 12.4. The largest absolute Gasteiger partial charge is 0.394 e. The Labute approximate surface area is 127 Å². The molecule has 22 heavy (non-hydrogen) atoms. The Morgan fingerprint density at radius 1 is 1.59 bits per heavy atom. The zero-order chi connectivity index (χ0) is 16.3. The Hall–Kier alpha value is -1.68. The topological polar surface area (TPSA) is 146 Å². The third-order valence-electron chi connectivity index (χ3n) is 3.64. The molecule has 0 spiro atoms. The number of imidazole rings is 1. The molecule has 1 aromatic heterocycles. The van der Waals surface area contributed by atoms with Crippen molar-refractivity contribution in [2.75, 3.05) is 18.9 Å². The highest BCUT2D eigenvalue weighted by Gasteiger charge is 2.46. The second-order valence-electron chi connectivity index (χ2n) is 5.18. The van der Waals surface area contributed by atoms with E-state index >= 15 is 0 Å². The molecule has 1 aliphatic heterocycles. The second-order valence-corrected chi connectivity index (χ2v) is 5.18. The van der Waals surface area contributed by atoms with Crippen LogP contribution < -0.4 is 11.5 Å². The standard InChI is InChI=1S/C13H22N4O5/c1-2-3-4-21-10-9(19)7(5-18)22-13(10)17-6-16-8(11(17)14)12(15)20/h6-7,9-10,13,18-19H,2-5,14H2,1H3,(H2,15,20)/t7-,9-,10-,13-/m1/s1. The highest BCUT2D eigenvalue weighted by molar-refractivity contribution is 5.95. The summed E-state index contributed by atoms with van der Waals surface area (Å²) in [7, 11) is 0. The lowest BCUT2D eigenvalue weighted by atomic mass is 10.1. The first kappa shape index (κ1) is 16.7. The van der Waals surface area contributed by atoms with Gasteiger partial charge in [0.1, 0.15) is 24.1 Å². The van der Waals surface area contributed by atoms with E-state index in [1.54, 1.807) is 0 Å². The van der Waals surface area contributed by atoms with Gasteiger partial charge in [-0.05, 0) is 6.42 Å². The number of aromatic nitrogens is 2. The lowest BCUT2D eigenvalue weighted by Crippen LogP contribution is -2.35. The number of unbranched alkanes of at least 4 members (excludes halogenated alkanes) is 1. The second kappa shape index (κ2) is 7.05. The molecule has 1 amide bonds. The fourth-order valence-corrected chi connectivity index (χ4v) is 2.40. The molecular weight excluding hydrogens is 292 g/mol. The van der Waals surface area contributed by atoms with Crippen LogP contribution >= 0.6 is 0 Å². The molecule has 6 N–H and O–H groups in total. The van der Waals surface area contributed by atoms with Crippen LogP contribution in [0.1, 0.15) is 36.5 Å². The summed E-state index contributed by atoms with van der Waals surface area (Å²) >= 11 is 0. The zero-order valence-electron chi connectivity index (χ0n) is 12.4. The minimum Gasteiger partial charge on any atom is -0.394 e. The number of aliphatic hydroxyl groups is 2. The van der Waals surface area contributed by atoms with E-state index in [2.05, 4.69) is 4.98 Å². The molecular formula is C13H22N4O5. The number of nitrogen functional groups attached to an aromatic ring is 1.